The number of nitrogens with two attached hydrogens (primary N) is 1. The first kappa shape index (κ1) is 15.3. The van der Waals surface area contributed by atoms with Gasteiger partial charge in [-0.15, -0.1) is 11.3 Å². The standard InChI is InChI=1S/C12H13BrN4OS2/c13-9-2-1-8(20-9)7-19-6-5-17-12(18)10-11(14)16-4-3-15-10/h1-4H,5-7H2,(H2,14,16)(H,17,18). The summed E-state index contributed by atoms with van der Waals surface area (Å²) >= 11 is 6.93. The largest absolute Gasteiger partial charge is 0.382 e. The lowest BCUT2D eigenvalue weighted by Gasteiger charge is -2.05. The van der Waals surface area contributed by atoms with Crippen LogP contribution in [0.1, 0.15) is 15.4 Å². The Balaban J connectivity index is 1.68. The first-order valence-corrected chi connectivity index (χ1v) is 8.60. The lowest BCUT2D eigenvalue weighted by atomic mass is 10.4. The number of aromatic nitrogens is 2. The minimum absolute atomic E-state index is 0.154. The van der Waals surface area contributed by atoms with E-state index in [0.717, 1.165) is 15.3 Å². The van der Waals surface area contributed by atoms with Gasteiger partial charge in [0.2, 0.25) is 0 Å². The molecule has 1 amide bonds. The van der Waals surface area contributed by atoms with E-state index < -0.39 is 0 Å². The summed E-state index contributed by atoms with van der Waals surface area (Å²) in [6.45, 7) is 0.575. The molecule has 0 aliphatic carbocycles. The first-order chi connectivity index (χ1) is 9.66. The average Bonchev–Trinajstić information content (AvgIpc) is 2.84. The number of carbonyl (C=O) groups is 1. The van der Waals surface area contributed by atoms with E-state index in [4.69, 9.17) is 5.73 Å². The van der Waals surface area contributed by atoms with Crippen LogP contribution in [0.25, 0.3) is 0 Å². The summed E-state index contributed by atoms with van der Waals surface area (Å²) in [5.74, 6) is 1.65. The number of nitrogens with one attached hydrogen (secondary N) is 1. The second-order valence-corrected chi connectivity index (χ2v) is 7.46. The molecule has 0 aliphatic rings. The number of halogens is 1. The van der Waals surface area contributed by atoms with Crippen LogP contribution in [0.2, 0.25) is 0 Å². The third-order valence-corrected chi connectivity index (χ3v) is 5.16. The van der Waals surface area contributed by atoms with Crippen molar-refractivity contribution in [3.05, 3.63) is 38.9 Å². The Morgan fingerprint density at radius 1 is 1.40 bits per heavy atom. The molecule has 3 N–H and O–H groups in total. The van der Waals surface area contributed by atoms with Crippen LogP contribution >= 0.6 is 39.0 Å². The van der Waals surface area contributed by atoms with Gasteiger partial charge in [0.25, 0.3) is 5.91 Å². The molecule has 0 saturated carbocycles. The van der Waals surface area contributed by atoms with Crippen molar-refractivity contribution in [3.8, 4) is 0 Å². The minimum atomic E-state index is -0.282. The molecule has 5 nitrogen and oxygen atoms in total. The molecule has 106 valence electrons. The van der Waals surface area contributed by atoms with Crippen molar-refractivity contribution in [1.82, 2.24) is 15.3 Å². The van der Waals surface area contributed by atoms with E-state index in [1.807, 2.05) is 6.07 Å². The molecule has 0 fully saturated rings. The van der Waals surface area contributed by atoms with E-state index >= 15 is 0 Å². The van der Waals surface area contributed by atoms with Gasteiger partial charge in [0.05, 0.1) is 3.79 Å². The quantitative estimate of drug-likeness (QED) is 0.761. The second kappa shape index (κ2) is 7.61. The molecule has 0 bridgehead atoms. The molecule has 2 aromatic heterocycles. The van der Waals surface area contributed by atoms with Gasteiger partial charge in [-0.1, -0.05) is 0 Å². The molecule has 0 radical (unpaired) electrons. The van der Waals surface area contributed by atoms with Crippen molar-refractivity contribution in [2.24, 2.45) is 0 Å². The smallest absolute Gasteiger partial charge is 0.273 e. The number of nitrogen functional groups attached to an aromatic ring is 1. The van der Waals surface area contributed by atoms with Gasteiger partial charge in [-0.25, -0.2) is 9.97 Å². The van der Waals surface area contributed by atoms with Crippen molar-refractivity contribution < 1.29 is 4.79 Å². The molecule has 0 atom stereocenters. The van der Waals surface area contributed by atoms with Gasteiger partial charge in [-0.05, 0) is 28.1 Å². The fourth-order valence-electron chi connectivity index (χ4n) is 1.45. The predicted molar refractivity (Wildman–Crippen MR) is 87.0 cm³/mol. The summed E-state index contributed by atoms with van der Waals surface area (Å²) in [4.78, 5) is 20.9. The molecule has 2 rings (SSSR count). The Bertz CT molecular complexity index is 590. The Hall–Kier alpha value is -1.12. The Morgan fingerprint density at radius 3 is 2.90 bits per heavy atom. The number of anilines is 1. The maximum atomic E-state index is 11.8. The number of amides is 1. The summed E-state index contributed by atoms with van der Waals surface area (Å²) in [6.07, 6.45) is 2.91. The van der Waals surface area contributed by atoms with E-state index in [0.29, 0.717) is 6.54 Å². The highest BCUT2D eigenvalue weighted by Crippen LogP contribution is 2.25. The number of rotatable bonds is 6. The Morgan fingerprint density at radius 2 is 2.20 bits per heavy atom. The highest BCUT2D eigenvalue weighted by molar-refractivity contribution is 9.11. The van der Waals surface area contributed by atoms with Crippen LogP contribution in [-0.4, -0.2) is 28.2 Å². The fourth-order valence-corrected chi connectivity index (χ4v) is 3.90. The zero-order valence-electron chi connectivity index (χ0n) is 10.5. The third-order valence-electron chi connectivity index (χ3n) is 2.35. The van der Waals surface area contributed by atoms with Gasteiger partial charge in [0.15, 0.2) is 11.5 Å². The predicted octanol–water partition coefficient (Wildman–Crippen LogP) is 2.55. The summed E-state index contributed by atoms with van der Waals surface area (Å²) in [5.41, 5.74) is 5.77. The second-order valence-electron chi connectivity index (χ2n) is 3.80. The summed E-state index contributed by atoms with van der Waals surface area (Å²) in [6, 6.07) is 4.14. The minimum Gasteiger partial charge on any atom is -0.382 e. The zero-order chi connectivity index (χ0) is 14.4. The third kappa shape index (κ3) is 4.46. The summed E-state index contributed by atoms with van der Waals surface area (Å²) in [7, 11) is 0. The van der Waals surface area contributed by atoms with Gasteiger partial charge < -0.3 is 11.1 Å². The average molecular weight is 373 g/mol. The van der Waals surface area contributed by atoms with Crippen LogP contribution in [0.5, 0.6) is 0 Å². The zero-order valence-corrected chi connectivity index (χ0v) is 13.7. The molecular weight excluding hydrogens is 360 g/mol. The Kier molecular flexibility index (Phi) is 5.81. The molecule has 20 heavy (non-hydrogen) atoms. The van der Waals surface area contributed by atoms with Crippen LogP contribution in [0.4, 0.5) is 5.82 Å². The highest BCUT2D eigenvalue weighted by Gasteiger charge is 2.10. The highest BCUT2D eigenvalue weighted by atomic mass is 79.9. The van der Waals surface area contributed by atoms with Crippen LogP contribution in [0.3, 0.4) is 0 Å². The molecule has 2 heterocycles. The molecule has 2 aromatic rings. The van der Waals surface area contributed by atoms with Gasteiger partial charge >= 0.3 is 0 Å². The van der Waals surface area contributed by atoms with Gasteiger partial charge in [-0.3, -0.25) is 4.79 Å². The summed E-state index contributed by atoms with van der Waals surface area (Å²) in [5, 5.41) is 2.78. The van der Waals surface area contributed by atoms with Gasteiger partial charge in [0.1, 0.15) is 0 Å². The van der Waals surface area contributed by atoms with Crippen molar-refractivity contribution >= 4 is 50.8 Å². The van der Waals surface area contributed by atoms with Crippen LogP contribution in [-0.2, 0) is 5.75 Å². The van der Waals surface area contributed by atoms with Crippen molar-refractivity contribution in [2.45, 2.75) is 5.75 Å². The van der Waals surface area contributed by atoms with E-state index in [1.54, 1.807) is 23.1 Å². The fraction of sp³-hybridized carbons (Fsp3) is 0.250. The summed E-state index contributed by atoms with van der Waals surface area (Å²) < 4.78 is 1.14. The van der Waals surface area contributed by atoms with E-state index in [2.05, 4.69) is 37.3 Å². The topological polar surface area (TPSA) is 80.9 Å². The maximum Gasteiger partial charge on any atom is 0.273 e. The van der Waals surface area contributed by atoms with E-state index in [-0.39, 0.29) is 17.4 Å². The number of thiophene rings is 1. The van der Waals surface area contributed by atoms with Crippen molar-refractivity contribution in [3.63, 3.8) is 0 Å². The first-order valence-electron chi connectivity index (χ1n) is 5.83. The molecule has 0 unspecified atom stereocenters. The lowest BCUT2D eigenvalue weighted by Crippen LogP contribution is -2.27. The normalized spacial score (nSPS) is 10.4. The molecular formula is C12H13BrN4OS2. The lowest BCUT2D eigenvalue weighted by molar-refractivity contribution is 0.0952. The monoisotopic (exact) mass is 372 g/mol. The molecule has 0 spiro atoms. The van der Waals surface area contributed by atoms with E-state index in [1.165, 1.54) is 17.3 Å². The maximum absolute atomic E-state index is 11.8. The van der Waals surface area contributed by atoms with E-state index in [9.17, 15) is 4.79 Å². The van der Waals surface area contributed by atoms with Crippen LogP contribution < -0.4 is 11.1 Å². The van der Waals surface area contributed by atoms with Gasteiger partial charge in [-0.2, -0.15) is 11.8 Å². The number of hydrogen-bond donors (Lipinski definition) is 2. The van der Waals surface area contributed by atoms with Crippen LogP contribution in [0, 0.1) is 0 Å². The molecule has 0 aromatic carbocycles. The molecule has 0 saturated heterocycles. The number of thioether (sulfide) groups is 1. The number of hydrogen-bond acceptors (Lipinski definition) is 6. The van der Waals surface area contributed by atoms with Gasteiger partial charge in [0, 0.05) is 35.3 Å². The number of carbonyl (C=O) groups excluding carboxylic acids is 1. The van der Waals surface area contributed by atoms with Crippen molar-refractivity contribution in [2.75, 3.05) is 18.0 Å². The molecule has 8 heteroatoms. The SMILES string of the molecule is Nc1nccnc1C(=O)NCCSCc1ccc(Br)s1. The van der Waals surface area contributed by atoms with Crippen LogP contribution in [0.15, 0.2) is 28.3 Å². The van der Waals surface area contributed by atoms with Crippen molar-refractivity contribution in [1.29, 1.82) is 0 Å². The number of nitrogens with zero attached hydrogens (tertiary/aromatic N) is 2. The molecule has 0 aliphatic heterocycles. The Labute approximate surface area is 133 Å².